The number of fused-ring (bicyclic) bond motifs is 1. The number of halogens is 1. The lowest BCUT2D eigenvalue weighted by molar-refractivity contribution is -0.168. The molecule has 3 aromatic carbocycles. The van der Waals surface area contributed by atoms with Gasteiger partial charge in [0, 0.05) is 51.7 Å². The molecular weight excluding hydrogens is 530 g/mol. The molecule has 1 N–H and O–H groups in total. The highest BCUT2D eigenvalue weighted by Crippen LogP contribution is 2.38. The zero-order chi connectivity index (χ0) is 28.1. The van der Waals surface area contributed by atoms with Crippen LogP contribution in [0.2, 0.25) is 5.02 Å². The molecule has 1 aromatic heterocycles. The molecule has 1 fully saturated rings. The molecule has 5 rings (SSSR count). The van der Waals surface area contributed by atoms with E-state index < -0.39 is 0 Å². The summed E-state index contributed by atoms with van der Waals surface area (Å²) in [6, 6.07) is 15.8. The fraction of sp³-hybridized carbons (Fsp3) is 0.355. The Labute approximate surface area is 239 Å². The molecule has 0 aliphatic carbocycles. The minimum atomic E-state index is -0.186. The summed E-state index contributed by atoms with van der Waals surface area (Å²) in [5.74, 6) is 2.88. The van der Waals surface area contributed by atoms with Crippen LogP contribution < -0.4 is 19.5 Å². The first kappa shape index (κ1) is 28.0. The number of hydrogen-bond acceptors (Lipinski definition) is 8. The molecule has 2 heterocycles. The monoisotopic (exact) mass is 563 g/mol. The number of aromatic nitrogens is 2. The highest BCUT2D eigenvalue weighted by atomic mass is 35.5. The van der Waals surface area contributed by atoms with Crippen molar-refractivity contribution >= 4 is 28.2 Å². The second-order valence-electron chi connectivity index (χ2n) is 9.68. The second kappa shape index (κ2) is 12.7. The number of hydrogen-bond donors (Lipinski definition) is 1. The average Bonchev–Trinajstić information content (AvgIpc) is 3.00. The van der Waals surface area contributed by atoms with Crippen molar-refractivity contribution in [1.29, 1.82) is 0 Å². The van der Waals surface area contributed by atoms with Gasteiger partial charge in [-0.3, -0.25) is 0 Å². The summed E-state index contributed by atoms with van der Waals surface area (Å²) < 4.78 is 28.3. The van der Waals surface area contributed by atoms with Gasteiger partial charge in [0.2, 0.25) is 0 Å². The number of nitrogens with one attached hydrogen (secondary N) is 1. The third-order valence-corrected chi connectivity index (χ3v) is 7.50. The number of methoxy groups -OCH3 is 3. The van der Waals surface area contributed by atoms with Crippen molar-refractivity contribution in [2.24, 2.45) is 0 Å². The second-order valence-corrected chi connectivity index (χ2v) is 10.1. The van der Waals surface area contributed by atoms with Gasteiger partial charge in [-0.2, -0.15) is 5.10 Å². The van der Waals surface area contributed by atoms with Crippen LogP contribution in [0, 0.1) is 6.92 Å². The van der Waals surface area contributed by atoms with E-state index in [2.05, 4.69) is 21.6 Å². The highest BCUT2D eigenvalue weighted by molar-refractivity contribution is 6.31. The molecule has 1 unspecified atom stereocenters. The first-order chi connectivity index (χ1) is 19.5. The zero-order valence-electron chi connectivity index (χ0n) is 23.3. The normalized spacial score (nSPS) is 15.2. The molecule has 4 aromatic rings. The van der Waals surface area contributed by atoms with Crippen molar-refractivity contribution in [3.63, 3.8) is 0 Å². The van der Waals surface area contributed by atoms with Gasteiger partial charge in [-0.15, -0.1) is 5.10 Å². The lowest BCUT2D eigenvalue weighted by Gasteiger charge is -2.23. The fourth-order valence-corrected chi connectivity index (χ4v) is 5.10. The van der Waals surface area contributed by atoms with Crippen LogP contribution in [-0.4, -0.2) is 44.4 Å². The van der Waals surface area contributed by atoms with Crippen LogP contribution in [0.3, 0.4) is 0 Å². The van der Waals surface area contributed by atoms with Gasteiger partial charge >= 0.3 is 0 Å². The quantitative estimate of drug-likeness (QED) is 0.222. The molecule has 0 spiro atoms. The lowest BCUT2D eigenvalue weighted by Crippen LogP contribution is -2.22. The molecule has 1 atom stereocenters. The van der Waals surface area contributed by atoms with Crippen LogP contribution >= 0.6 is 11.6 Å². The van der Waals surface area contributed by atoms with Gasteiger partial charge in [-0.05, 0) is 68.1 Å². The Morgan fingerprint density at radius 3 is 2.50 bits per heavy atom. The van der Waals surface area contributed by atoms with Gasteiger partial charge in [0.15, 0.2) is 12.1 Å². The number of benzene rings is 3. The lowest BCUT2D eigenvalue weighted by atomic mass is 9.99. The number of nitrogens with zero attached hydrogens (tertiary/aromatic N) is 2. The zero-order valence-corrected chi connectivity index (χ0v) is 24.0. The third kappa shape index (κ3) is 6.09. The minimum absolute atomic E-state index is 0.186. The Hall–Kier alpha value is -3.59. The van der Waals surface area contributed by atoms with E-state index in [4.69, 9.17) is 35.3 Å². The van der Waals surface area contributed by atoms with E-state index in [1.165, 1.54) is 0 Å². The van der Waals surface area contributed by atoms with E-state index in [1.807, 2.05) is 49.4 Å². The molecule has 9 heteroatoms. The first-order valence-electron chi connectivity index (χ1n) is 13.3. The van der Waals surface area contributed by atoms with Crippen LogP contribution in [0.4, 0.5) is 5.82 Å². The van der Waals surface area contributed by atoms with E-state index in [1.54, 1.807) is 21.3 Å². The number of anilines is 1. The molecule has 1 aliphatic heterocycles. The topological polar surface area (TPSA) is 84.0 Å². The van der Waals surface area contributed by atoms with Gasteiger partial charge in [0.25, 0.3) is 0 Å². The highest BCUT2D eigenvalue weighted by Gasteiger charge is 2.18. The summed E-state index contributed by atoms with van der Waals surface area (Å²) >= 11 is 6.72. The summed E-state index contributed by atoms with van der Waals surface area (Å²) in [6.07, 6.45) is 2.90. The maximum Gasteiger partial charge on any atom is 0.158 e. The van der Waals surface area contributed by atoms with Crippen LogP contribution in [0.1, 0.15) is 36.1 Å². The smallest absolute Gasteiger partial charge is 0.158 e. The molecule has 40 heavy (non-hydrogen) atoms. The third-order valence-electron chi connectivity index (χ3n) is 7.15. The van der Waals surface area contributed by atoms with Gasteiger partial charge < -0.3 is 29.0 Å². The van der Waals surface area contributed by atoms with Gasteiger partial charge in [-0.25, -0.2) is 0 Å². The molecule has 0 radical (unpaired) electrons. The molecule has 0 saturated carbocycles. The molecule has 210 valence electrons. The fourth-order valence-electron chi connectivity index (χ4n) is 4.88. The van der Waals surface area contributed by atoms with Crippen molar-refractivity contribution < 1.29 is 23.7 Å². The standard InChI is InChI=1S/C31H34ClN3O5/c1-19-25-13-20(26-16-27(32)22(14-29(26)38-4)18-40-30-7-5-6-12-39-30)9-11-24(25)31(35-34-19)33-17-21-8-10-23(36-2)15-28(21)37-3/h8-11,13-16,30H,5-7,12,17-18H2,1-4H3,(H,33,35). The van der Waals surface area contributed by atoms with Gasteiger partial charge in [-0.1, -0.05) is 17.7 Å². The summed E-state index contributed by atoms with van der Waals surface area (Å²) in [4.78, 5) is 0. The number of rotatable bonds is 10. The molecule has 1 aliphatic rings. The summed E-state index contributed by atoms with van der Waals surface area (Å²) in [5, 5.41) is 14.8. The van der Waals surface area contributed by atoms with Crippen LogP contribution in [0.25, 0.3) is 21.9 Å². The van der Waals surface area contributed by atoms with E-state index in [-0.39, 0.29) is 6.29 Å². The summed E-state index contributed by atoms with van der Waals surface area (Å²) in [6.45, 7) is 3.56. The summed E-state index contributed by atoms with van der Waals surface area (Å²) in [5.41, 5.74) is 4.52. The predicted octanol–water partition coefficient (Wildman–Crippen LogP) is 6.94. The van der Waals surface area contributed by atoms with Crippen LogP contribution in [0.15, 0.2) is 48.5 Å². The van der Waals surface area contributed by atoms with Crippen molar-refractivity contribution in [3.8, 4) is 28.4 Å². The van der Waals surface area contributed by atoms with E-state index in [9.17, 15) is 0 Å². The molecule has 0 bridgehead atoms. The van der Waals surface area contributed by atoms with E-state index in [0.717, 1.165) is 81.8 Å². The average molecular weight is 564 g/mol. The van der Waals surface area contributed by atoms with E-state index in [0.29, 0.717) is 24.0 Å². The maximum absolute atomic E-state index is 6.72. The Balaban J connectivity index is 1.40. The van der Waals surface area contributed by atoms with Crippen molar-refractivity contribution in [3.05, 3.63) is 70.4 Å². The molecule has 8 nitrogen and oxygen atoms in total. The molecular formula is C31H34ClN3O5. The largest absolute Gasteiger partial charge is 0.497 e. The first-order valence-corrected chi connectivity index (χ1v) is 13.7. The minimum Gasteiger partial charge on any atom is -0.497 e. The Bertz CT molecular complexity index is 1490. The molecule has 0 amide bonds. The SMILES string of the molecule is COc1ccc(CNc2nnc(C)c3cc(-c4cc(Cl)c(COC5CCCCO5)cc4OC)ccc23)c(OC)c1. The Kier molecular flexibility index (Phi) is 8.89. The summed E-state index contributed by atoms with van der Waals surface area (Å²) in [7, 11) is 4.94. The van der Waals surface area contributed by atoms with Crippen molar-refractivity contribution in [1.82, 2.24) is 10.2 Å². The van der Waals surface area contributed by atoms with Crippen molar-refractivity contribution in [2.45, 2.75) is 45.6 Å². The van der Waals surface area contributed by atoms with E-state index >= 15 is 0 Å². The molecule has 1 saturated heterocycles. The predicted molar refractivity (Wildman–Crippen MR) is 157 cm³/mol. The van der Waals surface area contributed by atoms with Crippen molar-refractivity contribution in [2.75, 3.05) is 33.3 Å². The Morgan fingerprint density at radius 2 is 1.75 bits per heavy atom. The van der Waals surface area contributed by atoms with Crippen LogP contribution in [0.5, 0.6) is 17.2 Å². The van der Waals surface area contributed by atoms with Gasteiger partial charge in [0.1, 0.15) is 17.2 Å². The number of ether oxygens (including phenoxy) is 5. The van der Waals surface area contributed by atoms with Gasteiger partial charge in [0.05, 0.1) is 33.6 Å². The maximum atomic E-state index is 6.72. The van der Waals surface area contributed by atoms with Crippen LogP contribution in [-0.2, 0) is 22.6 Å². The Morgan fingerprint density at radius 1 is 0.900 bits per heavy atom. The number of aryl methyl sites for hydroxylation is 1.